The molecule has 2 heterocycles. The molecule has 14 heavy (non-hydrogen) atoms. The summed E-state index contributed by atoms with van der Waals surface area (Å²) < 4.78 is 6.37. The van der Waals surface area contributed by atoms with E-state index in [1.54, 1.807) is 0 Å². The number of hydrogen-bond acceptors (Lipinski definition) is 3. The van der Waals surface area contributed by atoms with E-state index in [0.29, 0.717) is 0 Å². The highest BCUT2D eigenvalue weighted by molar-refractivity contribution is 7.16. The lowest BCUT2D eigenvalue weighted by atomic mass is 9.95. The first kappa shape index (κ1) is 9.97. The van der Waals surface area contributed by atoms with E-state index in [1.165, 1.54) is 11.3 Å². The van der Waals surface area contributed by atoms with Crippen molar-refractivity contribution in [1.82, 2.24) is 0 Å². The van der Waals surface area contributed by atoms with Crippen molar-refractivity contribution in [3.8, 4) is 6.07 Å². The number of thiophene rings is 1. The van der Waals surface area contributed by atoms with Crippen LogP contribution in [0.15, 0.2) is 12.1 Å². The summed E-state index contributed by atoms with van der Waals surface area (Å²) >= 11 is 7.35. The molecule has 74 valence electrons. The van der Waals surface area contributed by atoms with Crippen molar-refractivity contribution in [1.29, 1.82) is 5.26 Å². The van der Waals surface area contributed by atoms with E-state index in [2.05, 4.69) is 6.07 Å². The summed E-state index contributed by atoms with van der Waals surface area (Å²) in [4.78, 5) is 1.07. The highest BCUT2D eigenvalue weighted by atomic mass is 35.5. The molecule has 2 unspecified atom stereocenters. The third kappa shape index (κ3) is 1.93. The standard InChI is InChI=1S/C10H10ClNOS/c11-9-4-3-8(14-9)10-7(6-12)2-1-5-13-10/h3-4,7,10H,1-2,5H2. The molecule has 1 aromatic rings. The first-order chi connectivity index (χ1) is 6.81. The quantitative estimate of drug-likeness (QED) is 0.737. The first-order valence-corrected chi connectivity index (χ1v) is 5.77. The highest BCUT2D eigenvalue weighted by Crippen LogP contribution is 2.37. The number of nitrogens with zero attached hydrogens (tertiary/aromatic N) is 1. The summed E-state index contributed by atoms with van der Waals surface area (Å²) in [6.45, 7) is 0.748. The Morgan fingerprint density at radius 1 is 1.57 bits per heavy atom. The fourth-order valence-corrected chi connectivity index (χ4v) is 2.85. The maximum Gasteiger partial charge on any atom is 0.107 e. The predicted molar refractivity (Wildman–Crippen MR) is 56.4 cm³/mol. The average molecular weight is 228 g/mol. The fourth-order valence-electron chi connectivity index (χ4n) is 1.67. The van der Waals surface area contributed by atoms with Crippen LogP contribution in [0.4, 0.5) is 0 Å². The summed E-state index contributed by atoms with van der Waals surface area (Å²) in [5.41, 5.74) is 0. The summed E-state index contributed by atoms with van der Waals surface area (Å²) in [6, 6.07) is 6.11. The number of rotatable bonds is 1. The van der Waals surface area contributed by atoms with Crippen LogP contribution in [0.2, 0.25) is 4.34 Å². The molecule has 2 rings (SSSR count). The molecule has 1 aliphatic rings. The predicted octanol–water partition coefficient (Wildman–Crippen LogP) is 3.39. The van der Waals surface area contributed by atoms with Crippen molar-refractivity contribution >= 4 is 22.9 Å². The van der Waals surface area contributed by atoms with E-state index in [4.69, 9.17) is 21.6 Å². The van der Waals surface area contributed by atoms with Gasteiger partial charge in [-0.05, 0) is 25.0 Å². The van der Waals surface area contributed by atoms with Crippen LogP contribution >= 0.6 is 22.9 Å². The minimum absolute atomic E-state index is 0.0153. The molecule has 0 aliphatic carbocycles. The molecule has 0 N–H and O–H groups in total. The molecule has 0 bridgehead atoms. The fraction of sp³-hybridized carbons (Fsp3) is 0.500. The van der Waals surface area contributed by atoms with Gasteiger partial charge in [0.15, 0.2) is 0 Å². The maximum atomic E-state index is 8.97. The lowest BCUT2D eigenvalue weighted by Gasteiger charge is -2.26. The lowest BCUT2D eigenvalue weighted by Crippen LogP contribution is -2.20. The third-order valence-electron chi connectivity index (χ3n) is 2.36. The second-order valence-electron chi connectivity index (χ2n) is 3.31. The Hall–Kier alpha value is -0.560. The van der Waals surface area contributed by atoms with Gasteiger partial charge in [-0.1, -0.05) is 11.6 Å². The first-order valence-electron chi connectivity index (χ1n) is 4.57. The highest BCUT2D eigenvalue weighted by Gasteiger charge is 2.28. The Bertz CT molecular complexity index is 357. The molecular formula is C10H10ClNOS. The van der Waals surface area contributed by atoms with Gasteiger partial charge in [-0.2, -0.15) is 5.26 Å². The molecule has 0 spiro atoms. The Kier molecular flexibility index (Phi) is 3.07. The molecule has 0 amide bonds. The van der Waals surface area contributed by atoms with Crippen LogP contribution in [-0.2, 0) is 4.74 Å². The second kappa shape index (κ2) is 4.31. The summed E-state index contributed by atoms with van der Waals surface area (Å²) in [7, 11) is 0. The van der Waals surface area contributed by atoms with Crippen LogP contribution in [0.3, 0.4) is 0 Å². The van der Waals surface area contributed by atoms with Gasteiger partial charge in [0.05, 0.1) is 16.3 Å². The second-order valence-corrected chi connectivity index (χ2v) is 5.06. The molecule has 0 aromatic carbocycles. The lowest BCUT2D eigenvalue weighted by molar-refractivity contribution is -0.00791. The number of ether oxygens (including phenoxy) is 1. The summed E-state index contributed by atoms with van der Waals surface area (Å²) in [5.74, 6) is -0.0153. The normalized spacial score (nSPS) is 27.1. The van der Waals surface area contributed by atoms with Crippen LogP contribution in [0.25, 0.3) is 0 Å². The van der Waals surface area contributed by atoms with Gasteiger partial charge in [0.1, 0.15) is 6.10 Å². The molecule has 2 nitrogen and oxygen atoms in total. The minimum atomic E-state index is -0.0637. The third-order valence-corrected chi connectivity index (χ3v) is 3.66. The van der Waals surface area contributed by atoms with Gasteiger partial charge >= 0.3 is 0 Å². The van der Waals surface area contributed by atoms with Crippen molar-refractivity contribution < 1.29 is 4.74 Å². The van der Waals surface area contributed by atoms with Crippen molar-refractivity contribution in [2.24, 2.45) is 5.92 Å². The van der Waals surface area contributed by atoms with Gasteiger partial charge in [-0.15, -0.1) is 11.3 Å². The van der Waals surface area contributed by atoms with Crippen molar-refractivity contribution in [3.63, 3.8) is 0 Å². The van der Waals surface area contributed by atoms with Crippen molar-refractivity contribution in [2.75, 3.05) is 6.61 Å². The van der Waals surface area contributed by atoms with Crippen LogP contribution in [0.5, 0.6) is 0 Å². The van der Waals surface area contributed by atoms with Crippen LogP contribution in [-0.4, -0.2) is 6.61 Å². The Labute approximate surface area is 92.1 Å². The molecule has 1 fully saturated rings. The molecule has 0 radical (unpaired) electrons. The SMILES string of the molecule is N#CC1CCCOC1c1ccc(Cl)s1. The van der Waals surface area contributed by atoms with E-state index in [0.717, 1.165) is 28.7 Å². The smallest absolute Gasteiger partial charge is 0.107 e. The monoisotopic (exact) mass is 227 g/mol. The molecular weight excluding hydrogens is 218 g/mol. The number of hydrogen-bond donors (Lipinski definition) is 0. The Morgan fingerprint density at radius 2 is 2.43 bits per heavy atom. The van der Waals surface area contributed by atoms with Gasteiger partial charge in [0.25, 0.3) is 0 Å². The van der Waals surface area contributed by atoms with E-state index in [1.807, 2.05) is 12.1 Å². The number of nitriles is 1. The van der Waals surface area contributed by atoms with Crippen LogP contribution in [0, 0.1) is 17.2 Å². The zero-order valence-corrected chi connectivity index (χ0v) is 9.14. The Morgan fingerprint density at radius 3 is 3.07 bits per heavy atom. The van der Waals surface area contributed by atoms with E-state index >= 15 is 0 Å². The minimum Gasteiger partial charge on any atom is -0.371 e. The van der Waals surface area contributed by atoms with E-state index < -0.39 is 0 Å². The molecule has 4 heteroatoms. The van der Waals surface area contributed by atoms with E-state index in [-0.39, 0.29) is 12.0 Å². The van der Waals surface area contributed by atoms with Crippen molar-refractivity contribution in [3.05, 3.63) is 21.3 Å². The Balaban J connectivity index is 2.19. The molecule has 2 atom stereocenters. The number of halogens is 1. The molecule has 0 saturated carbocycles. The molecule has 1 aromatic heterocycles. The molecule has 1 saturated heterocycles. The zero-order valence-electron chi connectivity index (χ0n) is 7.57. The van der Waals surface area contributed by atoms with E-state index in [9.17, 15) is 0 Å². The maximum absolute atomic E-state index is 8.97. The zero-order chi connectivity index (χ0) is 9.97. The van der Waals surface area contributed by atoms with Gasteiger partial charge in [0, 0.05) is 11.5 Å². The average Bonchev–Trinajstić information content (AvgIpc) is 2.65. The van der Waals surface area contributed by atoms with Crippen molar-refractivity contribution in [2.45, 2.75) is 18.9 Å². The van der Waals surface area contributed by atoms with Crippen LogP contribution in [0.1, 0.15) is 23.8 Å². The van der Waals surface area contributed by atoms with Gasteiger partial charge in [-0.25, -0.2) is 0 Å². The van der Waals surface area contributed by atoms with Gasteiger partial charge in [-0.3, -0.25) is 0 Å². The summed E-state index contributed by atoms with van der Waals surface area (Å²) in [5, 5.41) is 8.97. The topological polar surface area (TPSA) is 33.0 Å². The summed E-state index contributed by atoms with van der Waals surface area (Å²) in [6.07, 6.45) is 1.84. The largest absolute Gasteiger partial charge is 0.371 e. The van der Waals surface area contributed by atoms with Gasteiger partial charge < -0.3 is 4.74 Å². The molecule has 1 aliphatic heterocycles. The van der Waals surface area contributed by atoms with Crippen LogP contribution < -0.4 is 0 Å². The van der Waals surface area contributed by atoms with Gasteiger partial charge in [0.2, 0.25) is 0 Å².